The van der Waals surface area contributed by atoms with Gasteiger partial charge in [0.1, 0.15) is 12.7 Å². The van der Waals surface area contributed by atoms with Gasteiger partial charge in [-0.05, 0) is 19.1 Å². The summed E-state index contributed by atoms with van der Waals surface area (Å²) in [5.41, 5.74) is 1.02. The van der Waals surface area contributed by atoms with Crippen LogP contribution in [0.5, 0.6) is 5.75 Å². The first-order valence-corrected chi connectivity index (χ1v) is 7.57. The molecule has 2 aromatic rings. The number of aromatic nitrogens is 4. The molecule has 0 N–H and O–H groups in total. The van der Waals surface area contributed by atoms with Crippen LogP contribution in [0.1, 0.15) is 5.69 Å². The molecule has 3 rings (SSSR count). The predicted molar refractivity (Wildman–Crippen MR) is 84.2 cm³/mol. The van der Waals surface area contributed by atoms with Gasteiger partial charge in [-0.25, -0.2) is 9.97 Å². The smallest absolute Gasteiger partial charge is 0.171 e. The molecule has 1 aliphatic rings. The highest BCUT2D eigenvalue weighted by Crippen LogP contribution is 2.26. The van der Waals surface area contributed by atoms with Crippen LogP contribution in [0.15, 0.2) is 24.8 Å². The van der Waals surface area contributed by atoms with E-state index in [9.17, 15) is 0 Å². The highest BCUT2D eigenvalue weighted by Gasteiger charge is 2.20. The molecule has 1 aliphatic heterocycles. The van der Waals surface area contributed by atoms with Gasteiger partial charge in [-0.15, -0.1) is 0 Å². The van der Waals surface area contributed by atoms with E-state index in [1.165, 1.54) is 0 Å². The Balaban J connectivity index is 1.56. The maximum Gasteiger partial charge on any atom is 0.171 e. The predicted octanol–water partition coefficient (Wildman–Crippen LogP) is 0.812. The zero-order valence-electron chi connectivity index (χ0n) is 13.1. The van der Waals surface area contributed by atoms with Gasteiger partial charge in [0.25, 0.3) is 0 Å². The molecule has 3 heterocycles. The van der Waals surface area contributed by atoms with Crippen LogP contribution in [-0.4, -0.2) is 64.5 Å². The minimum atomic E-state index is 0.849. The zero-order valence-corrected chi connectivity index (χ0v) is 13.1. The number of ether oxygens (including phenoxy) is 1. The third-order valence-electron chi connectivity index (χ3n) is 3.98. The average Bonchev–Trinajstić information content (AvgIpc) is 3.07. The summed E-state index contributed by atoms with van der Waals surface area (Å²) in [5.74, 6) is 1.81. The molecule has 0 amide bonds. The Labute approximate surface area is 130 Å². The van der Waals surface area contributed by atoms with Crippen LogP contribution >= 0.6 is 0 Å². The quantitative estimate of drug-likeness (QED) is 0.815. The SMILES string of the molecule is COc1ccc(C)nc1N1CCN(CCn2cncn2)CC1. The van der Waals surface area contributed by atoms with Gasteiger partial charge in [0, 0.05) is 38.4 Å². The first-order valence-electron chi connectivity index (χ1n) is 7.57. The summed E-state index contributed by atoms with van der Waals surface area (Å²) in [6, 6.07) is 3.98. The van der Waals surface area contributed by atoms with E-state index in [4.69, 9.17) is 4.74 Å². The zero-order chi connectivity index (χ0) is 15.4. The van der Waals surface area contributed by atoms with Crippen LogP contribution in [-0.2, 0) is 6.54 Å². The van der Waals surface area contributed by atoms with E-state index in [0.717, 1.165) is 56.5 Å². The molecular formula is C15H22N6O. The number of piperazine rings is 1. The molecule has 0 radical (unpaired) electrons. The normalized spacial score (nSPS) is 16.0. The maximum absolute atomic E-state index is 5.44. The lowest BCUT2D eigenvalue weighted by Gasteiger charge is -2.35. The lowest BCUT2D eigenvalue weighted by atomic mass is 10.2. The molecule has 0 saturated carbocycles. The summed E-state index contributed by atoms with van der Waals surface area (Å²) >= 11 is 0. The summed E-state index contributed by atoms with van der Waals surface area (Å²) in [7, 11) is 1.70. The Morgan fingerprint density at radius 2 is 1.95 bits per heavy atom. The van der Waals surface area contributed by atoms with Crippen molar-refractivity contribution >= 4 is 5.82 Å². The molecule has 0 unspecified atom stereocenters. The molecule has 0 spiro atoms. The average molecular weight is 302 g/mol. The van der Waals surface area contributed by atoms with E-state index in [1.54, 1.807) is 19.8 Å². The van der Waals surface area contributed by atoms with Crippen LogP contribution in [0, 0.1) is 6.92 Å². The van der Waals surface area contributed by atoms with Crippen LogP contribution in [0.2, 0.25) is 0 Å². The fourth-order valence-electron chi connectivity index (χ4n) is 2.69. The highest BCUT2D eigenvalue weighted by molar-refractivity contribution is 5.53. The second kappa shape index (κ2) is 6.74. The van der Waals surface area contributed by atoms with Gasteiger partial charge < -0.3 is 9.64 Å². The minimum absolute atomic E-state index is 0.849. The summed E-state index contributed by atoms with van der Waals surface area (Å²) in [6.07, 6.45) is 3.34. The monoisotopic (exact) mass is 302 g/mol. The van der Waals surface area contributed by atoms with Crippen molar-refractivity contribution < 1.29 is 4.74 Å². The van der Waals surface area contributed by atoms with Crippen LogP contribution in [0.25, 0.3) is 0 Å². The molecule has 7 heteroatoms. The van der Waals surface area contributed by atoms with Crippen molar-refractivity contribution in [1.29, 1.82) is 0 Å². The first-order chi connectivity index (χ1) is 10.8. The number of anilines is 1. The molecule has 118 valence electrons. The van der Waals surface area contributed by atoms with Crippen LogP contribution in [0.3, 0.4) is 0 Å². The van der Waals surface area contributed by atoms with Crippen molar-refractivity contribution in [2.24, 2.45) is 0 Å². The van der Waals surface area contributed by atoms with E-state index in [0.29, 0.717) is 0 Å². The number of aryl methyl sites for hydroxylation is 1. The standard InChI is InChI=1S/C15H22N6O/c1-13-3-4-14(22-2)15(18-13)20-8-5-19(6-9-20)7-10-21-12-16-11-17-21/h3-4,11-12H,5-10H2,1-2H3. The lowest BCUT2D eigenvalue weighted by molar-refractivity contribution is 0.243. The van der Waals surface area contributed by atoms with Crippen molar-refractivity contribution in [1.82, 2.24) is 24.6 Å². The number of nitrogens with zero attached hydrogens (tertiary/aromatic N) is 6. The molecular weight excluding hydrogens is 280 g/mol. The van der Waals surface area contributed by atoms with E-state index in [2.05, 4.69) is 24.9 Å². The van der Waals surface area contributed by atoms with Crippen molar-refractivity contribution in [2.45, 2.75) is 13.5 Å². The number of rotatable bonds is 5. The Hall–Kier alpha value is -2.15. The Kier molecular flexibility index (Phi) is 4.53. The van der Waals surface area contributed by atoms with Crippen LogP contribution < -0.4 is 9.64 Å². The Bertz CT molecular complexity index is 592. The number of pyridine rings is 1. The van der Waals surface area contributed by atoms with Gasteiger partial charge in [0.2, 0.25) is 0 Å². The second-order valence-electron chi connectivity index (χ2n) is 5.47. The fraction of sp³-hybridized carbons (Fsp3) is 0.533. The summed E-state index contributed by atoms with van der Waals surface area (Å²) < 4.78 is 7.31. The topological polar surface area (TPSA) is 59.3 Å². The van der Waals surface area contributed by atoms with Crippen molar-refractivity contribution in [2.75, 3.05) is 44.7 Å². The summed E-state index contributed by atoms with van der Waals surface area (Å²) in [6.45, 7) is 7.86. The molecule has 0 aliphatic carbocycles. The first kappa shape index (κ1) is 14.8. The summed E-state index contributed by atoms with van der Waals surface area (Å²) in [5, 5.41) is 4.14. The van der Waals surface area contributed by atoms with E-state index < -0.39 is 0 Å². The van der Waals surface area contributed by atoms with Gasteiger partial charge in [0.05, 0.1) is 13.7 Å². The van der Waals surface area contributed by atoms with Gasteiger partial charge >= 0.3 is 0 Å². The number of methoxy groups -OCH3 is 1. The minimum Gasteiger partial charge on any atom is -0.493 e. The van der Waals surface area contributed by atoms with E-state index in [1.807, 2.05) is 23.7 Å². The van der Waals surface area contributed by atoms with Crippen molar-refractivity contribution in [3.63, 3.8) is 0 Å². The maximum atomic E-state index is 5.44. The molecule has 22 heavy (non-hydrogen) atoms. The largest absolute Gasteiger partial charge is 0.493 e. The molecule has 0 atom stereocenters. The van der Waals surface area contributed by atoms with Gasteiger partial charge in [-0.3, -0.25) is 9.58 Å². The molecule has 1 saturated heterocycles. The second-order valence-corrected chi connectivity index (χ2v) is 5.47. The van der Waals surface area contributed by atoms with E-state index >= 15 is 0 Å². The molecule has 1 fully saturated rings. The molecule has 0 bridgehead atoms. The van der Waals surface area contributed by atoms with Crippen molar-refractivity contribution in [3.05, 3.63) is 30.5 Å². The highest BCUT2D eigenvalue weighted by atomic mass is 16.5. The van der Waals surface area contributed by atoms with Gasteiger partial charge in [-0.2, -0.15) is 5.10 Å². The lowest BCUT2D eigenvalue weighted by Crippen LogP contribution is -2.47. The number of hydrogen-bond acceptors (Lipinski definition) is 6. The fourth-order valence-corrected chi connectivity index (χ4v) is 2.69. The Morgan fingerprint density at radius 3 is 2.64 bits per heavy atom. The van der Waals surface area contributed by atoms with Gasteiger partial charge in [-0.1, -0.05) is 0 Å². The van der Waals surface area contributed by atoms with Crippen molar-refractivity contribution in [3.8, 4) is 5.75 Å². The molecule has 2 aromatic heterocycles. The third kappa shape index (κ3) is 3.36. The van der Waals surface area contributed by atoms with E-state index in [-0.39, 0.29) is 0 Å². The summed E-state index contributed by atoms with van der Waals surface area (Å²) in [4.78, 5) is 13.4. The number of hydrogen-bond donors (Lipinski definition) is 0. The molecule has 0 aromatic carbocycles. The third-order valence-corrected chi connectivity index (χ3v) is 3.98. The Morgan fingerprint density at radius 1 is 1.14 bits per heavy atom. The molecule has 7 nitrogen and oxygen atoms in total. The van der Waals surface area contributed by atoms with Gasteiger partial charge in [0.15, 0.2) is 11.6 Å². The van der Waals surface area contributed by atoms with Crippen LogP contribution in [0.4, 0.5) is 5.82 Å².